The van der Waals surface area contributed by atoms with Crippen LogP contribution in [0.4, 0.5) is 0 Å². The van der Waals surface area contributed by atoms with Crippen molar-refractivity contribution in [3.63, 3.8) is 0 Å². The molecular weight excluding hydrogens is 234 g/mol. The number of methoxy groups -OCH3 is 1. The molecule has 96 valence electrons. The molecule has 0 spiro atoms. The van der Waals surface area contributed by atoms with E-state index in [1.807, 2.05) is 25.1 Å². The Balaban J connectivity index is 2.57. The minimum absolute atomic E-state index is 0.169. The summed E-state index contributed by atoms with van der Waals surface area (Å²) in [6, 6.07) is 8.23. The van der Waals surface area contributed by atoms with Crippen LogP contribution in [0.3, 0.4) is 0 Å². The van der Waals surface area contributed by atoms with E-state index in [-0.39, 0.29) is 11.3 Å². The summed E-state index contributed by atoms with van der Waals surface area (Å²) in [6.45, 7) is 4.84. The van der Waals surface area contributed by atoms with Gasteiger partial charge in [-0.2, -0.15) is 0 Å². The van der Waals surface area contributed by atoms with Gasteiger partial charge in [0.05, 0.1) is 7.11 Å². The van der Waals surface area contributed by atoms with Gasteiger partial charge in [-0.1, -0.05) is 12.1 Å². The Morgan fingerprint density at radius 3 is 2.71 bits per heavy atom. The summed E-state index contributed by atoms with van der Waals surface area (Å²) in [5.41, 5.74) is 1.18. The molecule has 0 heterocycles. The zero-order valence-electron chi connectivity index (χ0n) is 10.9. The molecule has 0 fully saturated rings. The van der Waals surface area contributed by atoms with Gasteiger partial charge in [-0.15, -0.1) is 0 Å². The van der Waals surface area contributed by atoms with Crippen molar-refractivity contribution in [2.45, 2.75) is 25.1 Å². The van der Waals surface area contributed by atoms with Crippen LogP contribution in [0.2, 0.25) is 0 Å². The van der Waals surface area contributed by atoms with Gasteiger partial charge >= 0.3 is 0 Å². The standard InChI is InChI=1S/C13H21NO2S/c1-10(17(4)15)9-14-11(2)12-6-5-7-13(8-12)16-3/h5-8,10-11,14H,9H2,1-4H3. The summed E-state index contributed by atoms with van der Waals surface area (Å²) in [5.74, 6) is 0.864. The average molecular weight is 255 g/mol. The quantitative estimate of drug-likeness (QED) is 0.846. The predicted octanol–water partition coefficient (Wildman–Crippen LogP) is 2.11. The van der Waals surface area contributed by atoms with Crippen molar-refractivity contribution in [1.82, 2.24) is 5.32 Å². The first-order chi connectivity index (χ1) is 8.04. The summed E-state index contributed by atoms with van der Waals surface area (Å²) in [7, 11) is 0.890. The third-order valence-corrected chi connectivity index (χ3v) is 4.17. The maximum Gasteiger partial charge on any atom is 0.119 e. The maximum atomic E-state index is 11.2. The summed E-state index contributed by atoms with van der Waals surface area (Å²) >= 11 is 0. The van der Waals surface area contributed by atoms with Crippen LogP contribution in [0.1, 0.15) is 25.5 Å². The fourth-order valence-corrected chi connectivity index (χ4v) is 1.82. The van der Waals surface area contributed by atoms with Crippen molar-refractivity contribution < 1.29 is 8.95 Å². The van der Waals surface area contributed by atoms with Gasteiger partial charge in [0.2, 0.25) is 0 Å². The third kappa shape index (κ3) is 4.48. The normalized spacial score (nSPS) is 16.2. The van der Waals surface area contributed by atoms with Gasteiger partial charge in [0.1, 0.15) is 5.75 Å². The molecule has 4 heteroatoms. The van der Waals surface area contributed by atoms with Crippen molar-refractivity contribution in [2.24, 2.45) is 0 Å². The molecule has 1 aromatic rings. The highest BCUT2D eigenvalue weighted by Crippen LogP contribution is 2.18. The Morgan fingerprint density at radius 2 is 2.12 bits per heavy atom. The highest BCUT2D eigenvalue weighted by Gasteiger charge is 2.10. The number of nitrogens with one attached hydrogen (secondary N) is 1. The number of hydrogen-bond donors (Lipinski definition) is 1. The van der Waals surface area contributed by atoms with Crippen LogP contribution >= 0.6 is 0 Å². The second-order valence-electron chi connectivity index (χ2n) is 4.22. The maximum absolute atomic E-state index is 11.2. The van der Waals surface area contributed by atoms with Crippen LogP contribution in [0.15, 0.2) is 24.3 Å². The second kappa shape index (κ2) is 6.77. The molecule has 0 saturated carbocycles. The van der Waals surface area contributed by atoms with E-state index in [4.69, 9.17) is 4.74 Å². The van der Waals surface area contributed by atoms with Gasteiger partial charge in [-0.25, -0.2) is 0 Å². The number of rotatable bonds is 6. The van der Waals surface area contributed by atoms with E-state index >= 15 is 0 Å². The molecule has 3 unspecified atom stereocenters. The largest absolute Gasteiger partial charge is 0.497 e. The van der Waals surface area contributed by atoms with Crippen molar-refractivity contribution in [2.75, 3.05) is 19.9 Å². The van der Waals surface area contributed by atoms with E-state index in [2.05, 4.69) is 18.3 Å². The van der Waals surface area contributed by atoms with Crippen LogP contribution in [0, 0.1) is 0 Å². The predicted molar refractivity (Wildman–Crippen MR) is 72.9 cm³/mol. The molecule has 17 heavy (non-hydrogen) atoms. The third-order valence-electron chi connectivity index (χ3n) is 2.87. The molecular formula is C13H21NO2S. The van der Waals surface area contributed by atoms with Gasteiger partial charge in [-0.3, -0.25) is 4.21 Å². The molecule has 1 aromatic carbocycles. The number of benzene rings is 1. The average Bonchev–Trinajstić information content (AvgIpc) is 2.35. The topological polar surface area (TPSA) is 38.3 Å². The number of ether oxygens (including phenoxy) is 1. The van der Waals surface area contributed by atoms with Crippen LogP contribution in [0.25, 0.3) is 0 Å². The highest BCUT2D eigenvalue weighted by molar-refractivity contribution is 7.84. The molecule has 3 nitrogen and oxygen atoms in total. The monoisotopic (exact) mass is 255 g/mol. The molecule has 1 rings (SSSR count). The van der Waals surface area contributed by atoms with Crippen molar-refractivity contribution in [3.8, 4) is 5.75 Å². The Labute approximate surface area is 106 Å². The zero-order valence-corrected chi connectivity index (χ0v) is 11.7. The second-order valence-corrected chi connectivity index (χ2v) is 6.02. The van der Waals surface area contributed by atoms with E-state index in [0.29, 0.717) is 0 Å². The van der Waals surface area contributed by atoms with Gasteiger partial charge in [0, 0.05) is 34.9 Å². The van der Waals surface area contributed by atoms with E-state index in [9.17, 15) is 4.21 Å². The van der Waals surface area contributed by atoms with E-state index < -0.39 is 10.8 Å². The van der Waals surface area contributed by atoms with Crippen LogP contribution in [-0.2, 0) is 10.8 Å². The van der Waals surface area contributed by atoms with Crippen molar-refractivity contribution in [1.29, 1.82) is 0 Å². The molecule has 0 radical (unpaired) electrons. The highest BCUT2D eigenvalue weighted by atomic mass is 32.2. The lowest BCUT2D eigenvalue weighted by atomic mass is 10.1. The first-order valence-electron chi connectivity index (χ1n) is 5.74. The van der Waals surface area contributed by atoms with Gasteiger partial charge in [0.15, 0.2) is 0 Å². The van der Waals surface area contributed by atoms with Crippen LogP contribution in [0.5, 0.6) is 5.75 Å². The smallest absolute Gasteiger partial charge is 0.119 e. The SMILES string of the molecule is COc1cccc(C(C)NCC(C)S(C)=O)c1. The summed E-state index contributed by atoms with van der Waals surface area (Å²) < 4.78 is 16.4. The number of hydrogen-bond acceptors (Lipinski definition) is 3. The Kier molecular flexibility index (Phi) is 5.65. The Morgan fingerprint density at radius 1 is 1.41 bits per heavy atom. The summed E-state index contributed by atoms with van der Waals surface area (Å²) in [5, 5.41) is 3.55. The lowest BCUT2D eigenvalue weighted by Gasteiger charge is -2.17. The molecule has 0 aliphatic heterocycles. The van der Waals surface area contributed by atoms with E-state index in [1.165, 1.54) is 5.56 Å². The molecule has 1 N–H and O–H groups in total. The van der Waals surface area contributed by atoms with Gasteiger partial charge in [-0.05, 0) is 31.5 Å². The van der Waals surface area contributed by atoms with Crippen molar-refractivity contribution in [3.05, 3.63) is 29.8 Å². The fourth-order valence-electron chi connectivity index (χ4n) is 1.49. The van der Waals surface area contributed by atoms with Crippen LogP contribution < -0.4 is 10.1 Å². The lowest BCUT2D eigenvalue weighted by Crippen LogP contribution is -2.29. The minimum Gasteiger partial charge on any atom is -0.497 e. The minimum atomic E-state index is -0.776. The zero-order chi connectivity index (χ0) is 12.8. The Hall–Kier alpha value is -0.870. The summed E-state index contributed by atoms with van der Waals surface area (Å²) in [6.07, 6.45) is 1.74. The van der Waals surface area contributed by atoms with E-state index in [1.54, 1.807) is 13.4 Å². The van der Waals surface area contributed by atoms with Crippen molar-refractivity contribution >= 4 is 10.8 Å². The van der Waals surface area contributed by atoms with Crippen LogP contribution in [-0.4, -0.2) is 29.4 Å². The van der Waals surface area contributed by atoms with Gasteiger partial charge in [0.25, 0.3) is 0 Å². The molecule has 0 bridgehead atoms. The summed E-state index contributed by atoms with van der Waals surface area (Å²) in [4.78, 5) is 0. The van der Waals surface area contributed by atoms with E-state index in [0.717, 1.165) is 12.3 Å². The molecule has 0 saturated heterocycles. The molecule has 0 aliphatic carbocycles. The fraction of sp³-hybridized carbons (Fsp3) is 0.538. The first kappa shape index (κ1) is 14.2. The first-order valence-corrected chi connectivity index (χ1v) is 7.36. The van der Waals surface area contributed by atoms with Gasteiger partial charge < -0.3 is 10.1 Å². The molecule has 0 amide bonds. The Bertz CT molecular complexity index is 381. The molecule has 3 atom stereocenters. The molecule has 0 aliphatic rings. The molecule has 0 aromatic heterocycles. The lowest BCUT2D eigenvalue weighted by molar-refractivity contribution is 0.413.